The fraction of sp³-hybridized carbons (Fsp3) is 0.467. The van der Waals surface area contributed by atoms with Gasteiger partial charge in [0.15, 0.2) is 0 Å². The lowest BCUT2D eigenvalue weighted by Gasteiger charge is -2.35. The van der Waals surface area contributed by atoms with Gasteiger partial charge in [-0.25, -0.2) is 0 Å². The summed E-state index contributed by atoms with van der Waals surface area (Å²) in [7, 11) is 0. The highest BCUT2D eigenvalue weighted by Crippen LogP contribution is 2.31. The van der Waals surface area contributed by atoms with Gasteiger partial charge in [-0.2, -0.15) is 0 Å². The van der Waals surface area contributed by atoms with Gasteiger partial charge >= 0.3 is 0 Å². The molecule has 112 valence electrons. The van der Waals surface area contributed by atoms with Gasteiger partial charge in [0.2, 0.25) is 5.91 Å². The fourth-order valence-electron chi connectivity index (χ4n) is 2.58. The van der Waals surface area contributed by atoms with Gasteiger partial charge in [0.1, 0.15) is 0 Å². The lowest BCUT2D eigenvalue weighted by atomic mass is 10.1. The Morgan fingerprint density at radius 1 is 0.952 bits per heavy atom. The number of nitrogens with zero attached hydrogens (tertiary/aromatic N) is 2. The van der Waals surface area contributed by atoms with Crippen molar-refractivity contribution in [2.24, 2.45) is 5.92 Å². The van der Waals surface area contributed by atoms with Crippen LogP contribution in [0, 0.1) is 5.92 Å². The smallest absolute Gasteiger partial charge is 0.257 e. The maximum atomic E-state index is 12.5. The van der Waals surface area contributed by atoms with E-state index in [1.54, 1.807) is 23.1 Å². The van der Waals surface area contributed by atoms with Crippen LogP contribution in [0.1, 0.15) is 23.2 Å². The molecule has 2 amide bonds. The van der Waals surface area contributed by atoms with Crippen LogP contribution in [-0.2, 0) is 4.79 Å². The number of benzene rings is 1. The van der Waals surface area contributed by atoms with Gasteiger partial charge in [-0.3, -0.25) is 9.59 Å². The normalized spacial score (nSPS) is 18.8. The van der Waals surface area contributed by atoms with Crippen LogP contribution in [0.3, 0.4) is 0 Å². The van der Waals surface area contributed by atoms with E-state index in [2.05, 4.69) is 0 Å². The Morgan fingerprint density at radius 2 is 1.48 bits per heavy atom. The molecule has 1 aromatic carbocycles. The molecule has 0 radical (unpaired) electrons. The summed E-state index contributed by atoms with van der Waals surface area (Å²) in [6.45, 7) is 2.23. The largest absolute Gasteiger partial charge is 0.339 e. The highest BCUT2D eigenvalue weighted by atomic mass is 35.5. The highest BCUT2D eigenvalue weighted by molar-refractivity contribution is 6.39. The molecule has 2 fully saturated rings. The first-order valence-corrected chi connectivity index (χ1v) is 7.85. The van der Waals surface area contributed by atoms with E-state index in [9.17, 15) is 9.59 Å². The molecule has 21 heavy (non-hydrogen) atoms. The molecule has 0 N–H and O–H groups in total. The number of carbonyl (C=O) groups excluding carboxylic acids is 2. The quantitative estimate of drug-likeness (QED) is 0.838. The van der Waals surface area contributed by atoms with Crippen LogP contribution in [0.2, 0.25) is 10.0 Å². The third-order valence-electron chi connectivity index (χ3n) is 3.98. The average Bonchev–Trinajstić information content (AvgIpc) is 3.31. The Kier molecular flexibility index (Phi) is 4.09. The minimum absolute atomic E-state index is 0.163. The van der Waals surface area contributed by atoms with Crippen molar-refractivity contribution >= 4 is 35.0 Å². The number of carbonyl (C=O) groups is 2. The first-order valence-electron chi connectivity index (χ1n) is 7.10. The maximum Gasteiger partial charge on any atom is 0.257 e. The topological polar surface area (TPSA) is 40.6 Å². The van der Waals surface area contributed by atoms with Crippen LogP contribution < -0.4 is 0 Å². The summed E-state index contributed by atoms with van der Waals surface area (Å²) in [5, 5.41) is 0.730. The van der Waals surface area contributed by atoms with Crippen molar-refractivity contribution in [2.45, 2.75) is 12.8 Å². The minimum Gasteiger partial charge on any atom is -0.339 e. The van der Waals surface area contributed by atoms with Crippen molar-refractivity contribution in [1.29, 1.82) is 0 Å². The van der Waals surface area contributed by atoms with Crippen molar-refractivity contribution < 1.29 is 9.59 Å². The summed E-state index contributed by atoms with van der Waals surface area (Å²) >= 11 is 12.2. The number of halogens is 2. The van der Waals surface area contributed by atoms with Gasteiger partial charge in [0, 0.05) is 32.1 Å². The molecule has 2 aliphatic rings. The molecular weight excluding hydrogens is 311 g/mol. The van der Waals surface area contributed by atoms with Crippen LogP contribution in [0.15, 0.2) is 18.2 Å². The molecule has 3 rings (SSSR count). The van der Waals surface area contributed by atoms with Crippen molar-refractivity contribution in [1.82, 2.24) is 9.80 Å². The Balaban J connectivity index is 1.66. The van der Waals surface area contributed by atoms with Crippen LogP contribution in [-0.4, -0.2) is 47.8 Å². The van der Waals surface area contributed by atoms with Crippen molar-refractivity contribution in [2.75, 3.05) is 26.2 Å². The summed E-state index contributed by atoms with van der Waals surface area (Å²) in [4.78, 5) is 28.1. The molecule has 1 aromatic rings. The van der Waals surface area contributed by atoms with Gasteiger partial charge in [-0.05, 0) is 25.0 Å². The van der Waals surface area contributed by atoms with E-state index in [-0.39, 0.29) is 17.7 Å². The monoisotopic (exact) mass is 326 g/mol. The fourth-order valence-corrected chi connectivity index (χ4v) is 3.14. The van der Waals surface area contributed by atoms with E-state index in [4.69, 9.17) is 23.2 Å². The van der Waals surface area contributed by atoms with Crippen LogP contribution in [0.5, 0.6) is 0 Å². The van der Waals surface area contributed by atoms with Gasteiger partial charge in [-0.1, -0.05) is 29.3 Å². The average molecular weight is 327 g/mol. The van der Waals surface area contributed by atoms with Gasteiger partial charge < -0.3 is 9.80 Å². The predicted octanol–water partition coefficient (Wildman–Crippen LogP) is 2.69. The Hall–Kier alpha value is -1.26. The number of hydrogen-bond acceptors (Lipinski definition) is 2. The molecular formula is C15H16Cl2N2O2. The first-order chi connectivity index (χ1) is 10.1. The van der Waals surface area contributed by atoms with Gasteiger partial charge in [0.25, 0.3) is 5.91 Å². The van der Waals surface area contributed by atoms with Gasteiger partial charge in [0.05, 0.1) is 15.6 Å². The lowest BCUT2D eigenvalue weighted by Crippen LogP contribution is -2.51. The molecule has 1 aliphatic carbocycles. The molecule has 0 unspecified atom stereocenters. The summed E-state index contributed by atoms with van der Waals surface area (Å²) in [6, 6.07) is 5.04. The Morgan fingerprint density at radius 3 is 2.00 bits per heavy atom. The van der Waals surface area contributed by atoms with Crippen molar-refractivity contribution in [3.8, 4) is 0 Å². The summed E-state index contributed by atoms with van der Waals surface area (Å²) < 4.78 is 0. The molecule has 1 saturated heterocycles. The SMILES string of the molecule is O=C(c1c(Cl)cccc1Cl)N1CCN(C(=O)C2CC2)CC1. The second kappa shape index (κ2) is 5.85. The summed E-state index contributed by atoms with van der Waals surface area (Å²) in [6.07, 6.45) is 2.01. The van der Waals surface area contributed by atoms with Crippen LogP contribution in [0.4, 0.5) is 0 Å². The van der Waals surface area contributed by atoms with Crippen molar-refractivity contribution in [3.05, 3.63) is 33.8 Å². The second-order valence-electron chi connectivity index (χ2n) is 5.49. The lowest BCUT2D eigenvalue weighted by molar-refractivity contribution is -0.134. The molecule has 1 heterocycles. The zero-order valence-corrected chi connectivity index (χ0v) is 13.0. The van der Waals surface area contributed by atoms with E-state index in [0.29, 0.717) is 41.8 Å². The maximum absolute atomic E-state index is 12.5. The molecule has 0 atom stereocenters. The third kappa shape index (κ3) is 3.01. The third-order valence-corrected chi connectivity index (χ3v) is 4.61. The summed E-state index contributed by atoms with van der Waals surface area (Å²) in [5.41, 5.74) is 0.350. The van der Waals surface area contributed by atoms with Crippen molar-refractivity contribution in [3.63, 3.8) is 0 Å². The van der Waals surface area contributed by atoms with E-state index in [0.717, 1.165) is 12.8 Å². The molecule has 0 aromatic heterocycles. The van der Waals surface area contributed by atoms with E-state index in [1.165, 1.54) is 0 Å². The van der Waals surface area contributed by atoms with Gasteiger partial charge in [-0.15, -0.1) is 0 Å². The zero-order chi connectivity index (χ0) is 15.0. The van der Waals surface area contributed by atoms with E-state index >= 15 is 0 Å². The molecule has 1 saturated carbocycles. The van der Waals surface area contributed by atoms with E-state index < -0.39 is 0 Å². The highest BCUT2D eigenvalue weighted by Gasteiger charge is 2.35. The Bertz CT molecular complexity index is 559. The molecule has 0 bridgehead atoms. The number of piperazine rings is 1. The zero-order valence-electron chi connectivity index (χ0n) is 11.5. The minimum atomic E-state index is -0.163. The molecule has 4 nitrogen and oxygen atoms in total. The first kappa shape index (κ1) is 14.7. The standard InChI is InChI=1S/C15H16Cl2N2O2/c16-11-2-1-3-12(17)13(11)15(21)19-8-6-18(7-9-19)14(20)10-4-5-10/h1-3,10H,4-9H2. The second-order valence-corrected chi connectivity index (χ2v) is 6.30. The number of amides is 2. The Labute approximate surface area is 133 Å². The molecule has 6 heteroatoms. The number of hydrogen-bond donors (Lipinski definition) is 0. The van der Waals surface area contributed by atoms with Crippen LogP contribution >= 0.6 is 23.2 Å². The molecule has 0 spiro atoms. The molecule has 1 aliphatic heterocycles. The van der Waals surface area contributed by atoms with E-state index in [1.807, 2.05) is 4.90 Å². The predicted molar refractivity (Wildman–Crippen MR) is 81.7 cm³/mol. The summed E-state index contributed by atoms with van der Waals surface area (Å²) in [5.74, 6) is 0.298. The van der Waals surface area contributed by atoms with Crippen LogP contribution in [0.25, 0.3) is 0 Å². The number of rotatable bonds is 2.